The topological polar surface area (TPSA) is 58.5 Å². The third kappa shape index (κ3) is 3.62. The van der Waals surface area contributed by atoms with E-state index in [1.54, 1.807) is 25.1 Å². The first-order valence-corrected chi connectivity index (χ1v) is 9.96. The van der Waals surface area contributed by atoms with Gasteiger partial charge in [0.1, 0.15) is 11.6 Å². The average molecular weight is 411 g/mol. The second-order valence-corrected chi connectivity index (χ2v) is 7.74. The van der Waals surface area contributed by atoms with E-state index in [0.29, 0.717) is 28.3 Å². The molecule has 0 spiro atoms. The number of anilines is 1. The molecule has 148 valence electrons. The number of carbonyl (C=O) groups is 2. The monoisotopic (exact) mass is 410 g/mol. The van der Waals surface area contributed by atoms with E-state index in [1.165, 1.54) is 12.1 Å². The van der Waals surface area contributed by atoms with Crippen LogP contribution in [-0.2, 0) is 9.59 Å². The molecule has 1 fully saturated rings. The summed E-state index contributed by atoms with van der Waals surface area (Å²) in [6.45, 7) is 1.75. The number of rotatable bonds is 3. The second-order valence-electron chi connectivity index (χ2n) is 7.33. The van der Waals surface area contributed by atoms with Gasteiger partial charge in [-0.3, -0.25) is 14.6 Å². The van der Waals surface area contributed by atoms with E-state index in [0.717, 1.165) is 18.6 Å². The Hall–Kier alpha value is -2.79. The molecule has 0 saturated heterocycles. The van der Waals surface area contributed by atoms with E-state index in [-0.39, 0.29) is 11.5 Å². The Morgan fingerprint density at radius 1 is 1.10 bits per heavy atom. The van der Waals surface area contributed by atoms with Crippen LogP contribution in [0.15, 0.2) is 64.8 Å². The zero-order valence-electron chi connectivity index (χ0n) is 15.9. The third-order valence-corrected chi connectivity index (χ3v) is 5.86. The van der Waals surface area contributed by atoms with Crippen LogP contribution in [0.5, 0.6) is 0 Å². The van der Waals surface area contributed by atoms with Crippen molar-refractivity contribution in [2.24, 2.45) is 10.9 Å². The summed E-state index contributed by atoms with van der Waals surface area (Å²) < 4.78 is 14.1. The minimum absolute atomic E-state index is 0.0589. The van der Waals surface area contributed by atoms with Crippen LogP contribution < -0.4 is 5.32 Å². The summed E-state index contributed by atoms with van der Waals surface area (Å²) in [5.41, 5.74) is 2.47. The highest BCUT2D eigenvalue weighted by Crippen LogP contribution is 2.44. The zero-order chi connectivity index (χ0) is 20.5. The number of carbonyl (C=O) groups excluding carboxylic acids is 2. The highest BCUT2D eigenvalue weighted by molar-refractivity contribution is 6.31. The number of amides is 1. The van der Waals surface area contributed by atoms with Gasteiger partial charge in [-0.1, -0.05) is 41.9 Å². The van der Waals surface area contributed by atoms with Gasteiger partial charge in [0.25, 0.3) is 5.91 Å². The summed E-state index contributed by atoms with van der Waals surface area (Å²) in [5, 5.41) is 3.13. The molecular formula is C23H20ClFN2O2. The van der Waals surface area contributed by atoms with Gasteiger partial charge in [-0.25, -0.2) is 4.39 Å². The van der Waals surface area contributed by atoms with Crippen molar-refractivity contribution in [2.75, 3.05) is 5.32 Å². The maximum atomic E-state index is 14.1. The number of hydrogen-bond acceptors (Lipinski definition) is 3. The van der Waals surface area contributed by atoms with E-state index in [9.17, 15) is 14.0 Å². The second kappa shape index (κ2) is 7.91. The Balaban J connectivity index is 1.83. The van der Waals surface area contributed by atoms with E-state index in [2.05, 4.69) is 10.3 Å². The number of Topliss-reactive ketones (excluding diaryl/α,β-unsaturated/α-hetero) is 1. The van der Waals surface area contributed by atoms with Gasteiger partial charge in [-0.2, -0.15) is 0 Å². The van der Waals surface area contributed by atoms with Gasteiger partial charge in [-0.05, 0) is 43.5 Å². The molecule has 2 atom stereocenters. The molecule has 2 aromatic carbocycles. The fraction of sp³-hybridized carbons (Fsp3) is 0.261. The first-order chi connectivity index (χ1) is 14.0. The molecule has 2 aromatic rings. The van der Waals surface area contributed by atoms with E-state index in [4.69, 9.17) is 11.6 Å². The molecule has 1 N–H and O–H groups in total. The Morgan fingerprint density at radius 2 is 1.83 bits per heavy atom. The molecule has 0 radical (unpaired) electrons. The fourth-order valence-corrected chi connectivity index (χ4v) is 4.49. The molecule has 1 heterocycles. The predicted molar refractivity (Wildman–Crippen MR) is 112 cm³/mol. The summed E-state index contributed by atoms with van der Waals surface area (Å²) in [4.78, 5) is 30.7. The molecule has 1 aliphatic carbocycles. The van der Waals surface area contributed by atoms with Gasteiger partial charge in [-0.15, -0.1) is 0 Å². The standard InChI is InChI=1S/C23H20ClFN2O2/c1-13-20(23(29)27-17-10-5-4-9-16(17)25)21(14-7-2-3-8-15(14)24)22-18(26-13)11-6-12-19(22)28/h2-5,7-10,21-22H,6,11-12H2,1H3,(H,27,29)/t21-,22+/m0/s1. The fourth-order valence-electron chi connectivity index (χ4n) is 4.23. The molecule has 1 saturated carbocycles. The number of allylic oxidation sites excluding steroid dienone is 1. The van der Waals surface area contributed by atoms with Gasteiger partial charge < -0.3 is 5.32 Å². The molecule has 4 nitrogen and oxygen atoms in total. The minimum Gasteiger partial charge on any atom is -0.320 e. The maximum absolute atomic E-state index is 14.1. The van der Waals surface area contributed by atoms with Crippen molar-refractivity contribution in [3.05, 3.63) is 76.2 Å². The Labute approximate surface area is 173 Å². The summed E-state index contributed by atoms with van der Waals surface area (Å²) in [7, 11) is 0. The van der Waals surface area contributed by atoms with Crippen molar-refractivity contribution >= 4 is 34.7 Å². The lowest BCUT2D eigenvalue weighted by Gasteiger charge is -2.36. The van der Waals surface area contributed by atoms with Gasteiger partial charge in [0.2, 0.25) is 0 Å². The lowest BCUT2D eigenvalue weighted by molar-refractivity contribution is -0.122. The summed E-state index contributed by atoms with van der Waals surface area (Å²) in [6.07, 6.45) is 1.93. The Bertz CT molecular complexity index is 1060. The highest BCUT2D eigenvalue weighted by Gasteiger charge is 2.43. The molecule has 1 aliphatic heterocycles. The van der Waals surface area contributed by atoms with E-state index >= 15 is 0 Å². The first-order valence-electron chi connectivity index (χ1n) is 9.58. The summed E-state index contributed by atoms with van der Waals surface area (Å²) in [5.74, 6) is -2.01. The maximum Gasteiger partial charge on any atom is 0.254 e. The first kappa shape index (κ1) is 19.5. The van der Waals surface area contributed by atoms with E-state index < -0.39 is 23.6 Å². The number of benzene rings is 2. The highest BCUT2D eigenvalue weighted by atomic mass is 35.5. The minimum atomic E-state index is -0.546. The largest absolute Gasteiger partial charge is 0.320 e. The summed E-state index contributed by atoms with van der Waals surface area (Å²) in [6, 6.07) is 13.2. The molecule has 0 aromatic heterocycles. The van der Waals surface area contributed by atoms with Crippen molar-refractivity contribution < 1.29 is 14.0 Å². The lowest BCUT2D eigenvalue weighted by atomic mass is 9.69. The van der Waals surface area contributed by atoms with Crippen LogP contribution in [0.2, 0.25) is 5.02 Å². The van der Waals surface area contributed by atoms with Crippen molar-refractivity contribution in [1.82, 2.24) is 0 Å². The van der Waals surface area contributed by atoms with Crippen LogP contribution in [0.3, 0.4) is 0 Å². The third-order valence-electron chi connectivity index (χ3n) is 5.51. The summed E-state index contributed by atoms with van der Waals surface area (Å²) >= 11 is 6.47. The number of ketones is 1. The predicted octanol–water partition coefficient (Wildman–Crippen LogP) is 5.30. The number of nitrogens with zero attached hydrogens (tertiary/aromatic N) is 1. The van der Waals surface area contributed by atoms with Crippen LogP contribution in [0.1, 0.15) is 37.7 Å². The van der Waals surface area contributed by atoms with Crippen molar-refractivity contribution in [3.8, 4) is 0 Å². The van der Waals surface area contributed by atoms with Gasteiger partial charge in [0.15, 0.2) is 0 Å². The van der Waals surface area contributed by atoms with Gasteiger partial charge >= 0.3 is 0 Å². The Morgan fingerprint density at radius 3 is 2.59 bits per heavy atom. The lowest BCUT2D eigenvalue weighted by Crippen LogP contribution is -2.39. The van der Waals surface area contributed by atoms with Gasteiger partial charge in [0, 0.05) is 34.3 Å². The van der Waals surface area contributed by atoms with Crippen molar-refractivity contribution in [3.63, 3.8) is 0 Å². The quantitative estimate of drug-likeness (QED) is 0.746. The molecule has 1 amide bonds. The normalized spacial score (nSPS) is 21.5. The number of fused-ring (bicyclic) bond motifs is 1. The number of halogens is 2. The van der Waals surface area contributed by atoms with Crippen LogP contribution >= 0.6 is 11.6 Å². The van der Waals surface area contributed by atoms with Crippen LogP contribution in [0, 0.1) is 11.7 Å². The number of aliphatic imine (C=N–C) groups is 1. The van der Waals surface area contributed by atoms with Crippen molar-refractivity contribution in [2.45, 2.75) is 32.1 Å². The molecule has 0 bridgehead atoms. The average Bonchev–Trinajstić information content (AvgIpc) is 2.69. The van der Waals surface area contributed by atoms with Crippen LogP contribution in [0.4, 0.5) is 10.1 Å². The van der Waals surface area contributed by atoms with Gasteiger partial charge in [0.05, 0.1) is 11.6 Å². The molecular weight excluding hydrogens is 391 g/mol. The van der Waals surface area contributed by atoms with Crippen LogP contribution in [0.25, 0.3) is 0 Å². The molecule has 4 rings (SSSR count). The Kier molecular flexibility index (Phi) is 5.33. The van der Waals surface area contributed by atoms with Crippen LogP contribution in [-0.4, -0.2) is 17.4 Å². The molecule has 2 aliphatic rings. The number of nitrogens with one attached hydrogen (secondary N) is 1. The molecule has 6 heteroatoms. The molecule has 29 heavy (non-hydrogen) atoms. The molecule has 0 unspecified atom stereocenters. The SMILES string of the molecule is CC1=C(C(=O)Nc2ccccc2F)[C@H](c2ccccc2Cl)[C@H]2C(=O)CCCC2=N1. The number of para-hydroxylation sites is 1. The number of hydrogen-bond donors (Lipinski definition) is 1. The smallest absolute Gasteiger partial charge is 0.254 e. The zero-order valence-corrected chi connectivity index (χ0v) is 16.7. The van der Waals surface area contributed by atoms with Crippen molar-refractivity contribution in [1.29, 1.82) is 0 Å². The van der Waals surface area contributed by atoms with E-state index in [1.807, 2.05) is 18.2 Å².